The van der Waals surface area contributed by atoms with E-state index < -0.39 is 0 Å². The Morgan fingerprint density at radius 2 is 1.39 bits per heavy atom. The monoisotopic (exact) mass is 382 g/mol. The van der Waals surface area contributed by atoms with Gasteiger partial charge in [0.1, 0.15) is 0 Å². The molecule has 0 aromatic heterocycles. The Morgan fingerprint density at radius 3 is 1.83 bits per heavy atom. The van der Waals surface area contributed by atoms with Crippen LogP contribution in [0.3, 0.4) is 0 Å². The maximum Gasteiger partial charge on any atom is 0.335 e. The lowest BCUT2D eigenvalue weighted by atomic mass is 9.34. The molecule has 0 heterocycles. The maximum absolute atomic E-state index is 12.5. The molecule has 130 valence electrons. The van der Waals surface area contributed by atoms with Crippen molar-refractivity contribution in [2.24, 2.45) is 10.8 Å². The molecule has 3 heteroatoms. The molecule has 2 aliphatic carbocycles. The van der Waals surface area contributed by atoms with Crippen molar-refractivity contribution >= 4 is 21.9 Å². The summed E-state index contributed by atoms with van der Waals surface area (Å²) in [6, 6.07) is 0. The predicted molar refractivity (Wildman–Crippen MR) is 99.5 cm³/mol. The number of carbonyl (C=O) groups is 1. The zero-order valence-corrected chi connectivity index (χ0v) is 16.9. The Morgan fingerprint density at radius 1 is 0.913 bits per heavy atom. The molecule has 2 aliphatic rings. The van der Waals surface area contributed by atoms with Crippen LogP contribution < -0.4 is 0 Å². The minimum atomic E-state index is -0.138. The lowest BCUT2D eigenvalue weighted by Crippen LogP contribution is -2.63. The summed E-state index contributed by atoms with van der Waals surface area (Å²) in [6.07, 6.45) is 9.02. The fraction of sp³-hybridized carbons (Fsp3) is 0.750. The van der Waals surface area contributed by atoms with Crippen molar-refractivity contribution in [1.29, 1.82) is 0 Å². The number of hydrogen-bond donors (Lipinski definition) is 0. The van der Waals surface area contributed by atoms with E-state index in [0.717, 1.165) is 55.0 Å². The van der Waals surface area contributed by atoms with Gasteiger partial charge in [0.05, 0.1) is 12.7 Å². The van der Waals surface area contributed by atoms with Gasteiger partial charge in [-0.1, -0.05) is 80.5 Å². The SMILES string of the molecule is CCCC1=C(CCC)C2(CCC)C(C(=O)OC)=C(Br)C12CCC. The van der Waals surface area contributed by atoms with Crippen molar-refractivity contribution in [3.63, 3.8) is 0 Å². The number of halogens is 1. The highest BCUT2D eigenvalue weighted by atomic mass is 79.9. The fourth-order valence-corrected chi connectivity index (χ4v) is 6.57. The van der Waals surface area contributed by atoms with Gasteiger partial charge in [-0.15, -0.1) is 0 Å². The Balaban J connectivity index is 2.63. The van der Waals surface area contributed by atoms with Crippen molar-refractivity contribution < 1.29 is 9.53 Å². The van der Waals surface area contributed by atoms with E-state index in [-0.39, 0.29) is 16.8 Å². The Hall–Kier alpha value is -0.570. The molecule has 0 radical (unpaired) electrons. The molecule has 2 unspecified atom stereocenters. The molecule has 0 aromatic carbocycles. The first-order chi connectivity index (χ1) is 11.0. The lowest BCUT2D eigenvalue weighted by Gasteiger charge is -2.70. The van der Waals surface area contributed by atoms with E-state index in [0.29, 0.717) is 0 Å². The second kappa shape index (κ2) is 7.13. The van der Waals surface area contributed by atoms with E-state index in [2.05, 4.69) is 43.6 Å². The second-order valence-corrected chi connectivity index (χ2v) is 7.74. The van der Waals surface area contributed by atoms with Crippen LogP contribution >= 0.6 is 15.9 Å². The Bertz CT molecular complexity index is 546. The van der Waals surface area contributed by atoms with Gasteiger partial charge in [0.25, 0.3) is 0 Å². The van der Waals surface area contributed by atoms with Crippen LogP contribution in [0.1, 0.15) is 79.1 Å². The minimum Gasteiger partial charge on any atom is -0.466 e. The van der Waals surface area contributed by atoms with Gasteiger partial charge in [0.15, 0.2) is 0 Å². The third-order valence-electron chi connectivity index (χ3n) is 5.78. The van der Waals surface area contributed by atoms with Crippen LogP contribution in [-0.4, -0.2) is 13.1 Å². The van der Waals surface area contributed by atoms with Gasteiger partial charge in [-0.25, -0.2) is 4.79 Å². The number of fused-ring (bicyclic) bond motifs is 1. The van der Waals surface area contributed by atoms with Crippen LogP contribution in [0, 0.1) is 10.8 Å². The van der Waals surface area contributed by atoms with Gasteiger partial charge in [0, 0.05) is 15.3 Å². The quantitative estimate of drug-likeness (QED) is 0.345. The highest BCUT2D eigenvalue weighted by Gasteiger charge is 2.73. The molecule has 0 aliphatic heterocycles. The van der Waals surface area contributed by atoms with Gasteiger partial charge in [-0.05, 0) is 25.7 Å². The zero-order valence-electron chi connectivity index (χ0n) is 15.4. The molecule has 0 spiro atoms. The number of carbonyl (C=O) groups excluding carboxylic acids is 1. The van der Waals surface area contributed by atoms with Crippen molar-refractivity contribution in [2.75, 3.05) is 7.11 Å². The number of ether oxygens (including phenoxy) is 1. The summed E-state index contributed by atoms with van der Waals surface area (Å²) in [5.41, 5.74) is 4.13. The molecule has 0 saturated heterocycles. The van der Waals surface area contributed by atoms with Gasteiger partial charge in [0.2, 0.25) is 0 Å². The van der Waals surface area contributed by atoms with Crippen LogP contribution in [0.5, 0.6) is 0 Å². The van der Waals surface area contributed by atoms with Crippen molar-refractivity contribution in [1.82, 2.24) is 0 Å². The summed E-state index contributed by atoms with van der Waals surface area (Å²) < 4.78 is 6.26. The third-order valence-corrected chi connectivity index (χ3v) is 6.86. The average molecular weight is 383 g/mol. The second-order valence-electron chi connectivity index (χ2n) is 6.95. The number of allylic oxidation sites excluding steroid dienone is 3. The van der Waals surface area contributed by atoms with Gasteiger partial charge in [-0.2, -0.15) is 0 Å². The summed E-state index contributed by atoms with van der Waals surface area (Å²) in [5.74, 6) is -0.138. The molecular formula is C20H31BrO2. The lowest BCUT2D eigenvalue weighted by molar-refractivity contribution is -0.140. The smallest absolute Gasteiger partial charge is 0.335 e. The third kappa shape index (κ3) is 2.22. The molecule has 2 atom stereocenters. The first-order valence-electron chi connectivity index (χ1n) is 9.25. The van der Waals surface area contributed by atoms with E-state index >= 15 is 0 Å². The van der Waals surface area contributed by atoms with E-state index in [4.69, 9.17) is 4.74 Å². The zero-order chi connectivity index (χ0) is 17.3. The van der Waals surface area contributed by atoms with E-state index in [1.54, 1.807) is 11.1 Å². The fourth-order valence-electron chi connectivity index (χ4n) is 5.30. The van der Waals surface area contributed by atoms with Crippen LogP contribution in [-0.2, 0) is 9.53 Å². The average Bonchev–Trinajstić information content (AvgIpc) is 2.55. The van der Waals surface area contributed by atoms with Crippen LogP contribution in [0.25, 0.3) is 0 Å². The minimum absolute atomic E-state index is 0.0514. The summed E-state index contributed by atoms with van der Waals surface area (Å²) in [4.78, 5) is 12.5. The maximum atomic E-state index is 12.5. The van der Waals surface area contributed by atoms with E-state index in [1.165, 1.54) is 13.5 Å². The van der Waals surface area contributed by atoms with Gasteiger partial charge in [-0.3, -0.25) is 0 Å². The highest BCUT2D eigenvalue weighted by molar-refractivity contribution is 9.11. The molecule has 0 bridgehead atoms. The summed E-state index contributed by atoms with van der Waals surface area (Å²) >= 11 is 3.82. The summed E-state index contributed by atoms with van der Waals surface area (Å²) in [7, 11) is 1.50. The number of methoxy groups -OCH3 is 1. The van der Waals surface area contributed by atoms with Gasteiger partial charge < -0.3 is 4.74 Å². The molecule has 2 rings (SSSR count). The topological polar surface area (TPSA) is 26.3 Å². The largest absolute Gasteiger partial charge is 0.466 e. The molecule has 0 aromatic rings. The van der Waals surface area contributed by atoms with E-state index in [9.17, 15) is 4.79 Å². The van der Waals surface area contributed by atoms with Crippen molar-refractivity contribution in [2.45, 2.75) is 79.1 Å². The molecule has 0 saturated carbocycles. The Kier molecular flexibility index (Phi) is 5.81. The van der Waals surface area contributed by atoms with Crippen LogP contribution in [0.2, 0.25) is 0 Å². The molecule has 23 heavy (non-hydrogen) atoms. The van der Waals surface area contributed by atoms with E-state index in [1.807, 2.05) is 0 Å². The summed E-state index contributed by atoms with van der Waals surface area (Å²) in [5, 5.41) is 0. The molecule has 0 N–H and O–H groups in total. The Labute approximate surface area is 149 Å². The number of esters is 1. The van der Waals surface area contributed by atoms with Crippen molar-refractivity contribution in [3.05, 3.63) is 21.2 Å². The molecular weight excluding hydrogens is 352 g/mol. The van der Waals surface area contributed by atoms with Crippen molar-refractivity contribution in [3.8, 4) is 0 Å². The molecule has 2 nitrogen and oxygen atoms in total. The first kappa shape index (κ1) is 18.8. The normalized spacial score (nSPS) is 29.1. The first-order valence-corrected chi connectivity index (χ1v) is 10.0. The van der Waals surface area contributed by atoms with Crippen LogP contribution in [0.15, 0.2) is 21.2 Å². The summed E-state index contributed by atoms with van der Waals surface area (Å²) in [6.45, 7) is 8.98. The van der Waals surface area contributed by atoms with Crippen LogP contribution in [0.4, 0.5) is 0 Å². The highest BCUT2D eigenvalue weighted by Crippen LogP contribution is 2.81. The number of rotatable bonds is 9. The molecule has 0 fully saturated rings. The predicted octanol–water partition coefficient (Wildman–Crippen LogP) is 6.31. The molecule has 0 amide bonds. The van der Waals surface area contributed by atoms with Gasteiger partial charge >= 0.3 is 5.97 Å². The number of hydrogen-bond acceptors (Lipinski definition) is 2. The standard InChI is InChI=1S/C20H31BrO2/c1-6-10-14-15(11-7-2)20(13-9-4)17(21)16(18(22)23-5)19(14,20)12-8-3/h6-13H2,1-5H3.